The van der Waals surface area contributed by atoms with Crippen LogP contribution in [0.1, 0.15) is 37.3 Å². The first-order valence-corrected chi connectivity index (χ1v) is 12.3. The third-order valence-corrected chi connectivity index (χ3v) is 7.67. The van der Waals surface area contributed by atoms with Crippen LogP contribution < -0.4 is 10.6 Å². The summed E-state index contributed by atoms with van der Waals surface area (Å²) in [6, 6.07) is 6.06. The van der Waals surface area contributed by atoms with Crippen LogP contribution in [0.4, 0.5) is 0 Å². The van der Waals surface area contributed by atoms with Gasteiger partial charge >= 0.3 is 0 Å². The summed E-state index contributed by atoms with van der Waals surface area (Å²) in [4.78, 5) is 50.9. The number of halogens is 1. The number of likely N-dealkylation sites (tertiary alicyclic amines) is 1. The standard InChI is InChI=1S/C23H25ClN6O3S/c1-29-6-5-15-19(11-29)34-23(28-15)22(33)27-18-10-30(2)20(31)9-16(18)26-21(32)17-8-12-7-13(24)3-4-14(12)25-17/h3-4,7-8,16,18,25H,5-6,9-11H2,1-2H3,(H,26,32)(H,27,33)/t16-,18+/m0/s1. The van der Waals surface area contributed by atoms with Gasteiger partial charge in [-0.05, 0) is 31.3 Å². The summed E-state index contributed by atoms with van der Waals surface area (Å²) in [5, 5.41) is 7.76. The predicted molar refractivity (Wildman–Crippen MR) is 130 cm³/mol. The molecule has 3 N–H and O–H groups in total. The summed E-state index contributed by atoms with van der Waals surface area (Å²) >= 11 is 7.45. The van der Waals surface area contributed by atoms with Crippen molar-refractivity contribution in [3.63, 3.8) is 0 Å². The van der Waals surface area contributed by atoms with Crippen LogP contribution in [0.25, 0.3) is 10.9 Å². The molecule has 0 aliphatic carbocycles. The van der Waals surface area contributed by atoms with Crippen LogP contribution in [0.15, 0.2) is 24.3 Å². The van der Waals surface area contributed by atoms with Gasteiger partial charge in [0.05, 0.1) is 17.8 Å². The number of piperidine rings is 1. The maximum atomic E-state index is 13.0. The first kappa shape index (κ1) is 22.8. The van der Waals surface area contributed by atoms with E-state index >= 15 is 0 Å². The number of hydrogen-bond donors (Lipinski definition) is 3. The zero-order chi connectivity index (χ0) is 24.0. The lowest BCUT2D eigenvalue weighted by atomic mass is 9.98. The minimum absolute atomic E-state index is 0.0908. The molecule has 11 heteroatoms. The summed E-state index contributed by atoms with van der Waals surface area (Å²) in [5.74, 6) is -0.719. The Morgan fingerprint density at radius 3 is 2.79 bits per heavy atom. The van der Waals surface area contributed by atoms with E-state index in [-0.39, 0.29) is 24.1 Å². The highest BCUT2D eigenvalue weighted by Crippen LogP contribution is 2.25. The van der Waals surface area contributed by atoms with E-state index in [0.29, 0.717) is 22.3 Å². The highest BCUT2D eigenvalue weighted by Gasteiger charge is 2.35. The van der Waals surface area contributed by atoms with Gasteiger partial charge in [0.1, 0.15) is 5.69 Å². The Labute approximate surface area is 205 Å². The fourth-order valence-corrected chi connectivity index (χ4v) is 5.70. The van der Waals surface area contributed by atoms with E-state index in [0.717, 1.165) is 41.0 Å². The molecule has 1 saturated heterocycles. The van der Waals surface area contributed by atoms with E-state index in [4.69, 9.17) is 11.6 Å². The van der Waals surface area contributed by atoms with E-state index in [1.54, 1.807) is 30.1 Å². The molecule has 9 nitrogen and oxygen atoms in total. The Morgan fingerprint density at radius 2 is 1.97 bits per heavy atom. The van der Waals surface area contributed by atoms with Gasteiger partial charge < -0.3 is 25.4 Å². The van der Waals surface area contributed by atoms with Crippen molar-refractivity contribution in [2.75, 3.05) is 27.2 Å². The maximum absolute atomic E-state index is 13.0. The maximum Gasteiger partial charge on any atom is 0.280 e. The van der Waals surface area contributed by atoms with Gasteiger partial charge in [-0.1, -0.05) is 11.6 Å². The van der Waals surface area contributed by atoms with Crippen molar-refractivity contribution in [1.29, 1.82) is 0 Å². The Hall–Kier alpha value is -2.95. The number of nitrogens with one attached hydrogen (secondary N) is 3. The summed E-state index contributed by atoms with van der Waals surface area (Å²) < 4.78 is 0. The third-order valence-electron chi connectivity index (χ3n) is 6.35. The molecule has 0 spiro atoms. The van der Waals surface area contributed by atoms with Gasteiger partial charge in [0.2, 0.25) is 5.91 Å². The van der Waals surface area contributed by atoms with Crippen LogP contribution in [-0.4, -0.2) is 76.8 Å². The van der Waals surface area contributed by atoms with Crippen molar-refractivity contribution in [3.8, 4) is 0 Å². The summed E-state index contributed by atoms with van der Waals surface area (Å²) in [7, 11) is 3.74. The van der Waals surface area contributed by atoms with Crippen molar-refractivity contribution < 1.29 is 14.4 Å². The van der Waals surface area contributed by atoms with Gasteiger partial charge in [0.25, 0.3) is 11.8 Å². The number of aromatic nitrogens is 2. The van der Waals surface area contributed by atoms with Gasteiger partial charge in [-0.25, -0.2) is 4.98 Å². The Kier molecular flexibility index (Phi) is 6.05. The topological polar surface area (TPSA) is 110 Å². The van der Waals surface area contributed by atoms with Gasteiger partial charge in [-0.3, -0.25) is 14.4 Å². The molecule has 3 amide bonds. The molecule has 1 aromatic carbocycles. The molecule has 4 heterocycles. The monoisotopic (exact) mass is 500 g/mol. The Bertz CT molecular complexity index is 1290. The molecule has 0 saturated carbocycles. The number of benzene rings is 1. The number of thiazole rings is 1. The van der Waals surface area contributed by atoms with E-state index in [2.05, 4.69) is 25.5 Å². The number of fused-ring (bicyclic) bond motifs is 2. The van der Waals surface area contributed by atoms with E-state index in [1.165, 1.54) is 11.3 Å². The smallest absolute Gasteiger partial charge is 0.280 e. The van der Waals surface area contributed by atoms with E-state index in [1.807, 2.05) is 13.1 Å². The quantitative estimate of drug-likeness (QED) is 0.507. The largest absolute Gasteiger partial charge is 0.351 e. The highest BCUT2D eigenvalue weighted by atomic mass is 35.5. The molecule has 5 rings (SSSR count). The number of aromatic amines is 1. The Balaban J connectivity index is 1.32. The van der Waals surface area contributed by atoms with E-state index < -0.39 is 12.1 Å². The summed E-state index contributed by atoms with van der Waals surface area (Å²) in [6.07, 6.45) is 0.920. The molecule has 2 atom stereocenters. The lowest BCUT2D eigenvalue weighted by Gasteiger charge is -2.36. The molecule has 0 unspecified atom stereocenters. The first-order valence-electron chi connectivity index (χ1n) is 11.1. The minimum Gasteiger partial charge on any atom is -0.351 e. The lowest BCUT2D eigenvalue weighted by molar-refractivity contribution is -0.133. The number of amides is 3. The van der Waals surface area contributed by atoms with Gasteiger partial charge in [-0.15, -0.1) is 11.3 Å². The highest BCUT2D eigenvalue weighted by molar-refractivity contribution is 7.13. The molecule has 0 radical (unpaired) electrons. The molecule has 3 aromatic rings. The predicted octanol–water partition coefficient (Wildman–Crippen LogP) is 2.02. The van der Waals surface area contributed by atoms with Crippen molar-refractivity contribution in [2.45, 2.75) is 31.5 Å². The molecule has 178 valence electrons. The van der Waals surface area contributed by atoms with Crippen LogP contribution in [-0.2, 0) is 17.8 Å². The fourth-order valence-electron chi connectivity index (χ4n) is 4.43. The molecule has 1 fully saturated rings. The van der Waals surface area contributed by atoms with Gasteiger partial charge in [0.15, 0.2) is 5.01 Å². The van der Waals surface area contributed by atoms with Crippen molar-refractivity contribution in [2.24, 2.45) is 0 Å². The average molecular weight is 501 g/mol. The normalized spacial score (nSPS) is 20.9. The third kappa shape index (κ3) is 4.53. The van der Waals surface area contributed by atoms with Crippen molar-refractivity contribution in [3.05, 3.63) is 50.6 Å². The zero-order valence-electron chi connectivity index (χ0n) is 18.9. The molecule has 2 aliphatic heterocycles. The number of H-pyrrole nitrogens is 1. The number of carbonyl (C=O) groups excluding carboxylic acids is 3. The number of nitrogens with zero attached hydrogens (tertiary/aromatic N) is 3. The molecule has 2 aliphatic rings. The second-order valence-corrected chi connectivity index (χ2v) is 10.4. The molecule has 0 bridgehead atoms. The molecule has 34 heavy (non-hydrogen) atoms. The van der Waals surface area contributed by atoms with Crippen LogP contribution >= 0.6 is 22.9 Å². The number of rotatable bonds is 4. The van der Waals surface area contributed by atoms with E-state index in [9.17, 15) is 14.4 Å². The summed E-state index contributed by atoms with van der Waals surface area (Å²) in [6.45, 7) is 2.00. The molecular formula is C23H25ClN6O3S. The minimum atomic E-state index is -0.545. The van der Waals surface area contributed by atoms with Gasteiger partial charge in [0, 0.05) is 60.3 Å². The van der Waals surface area contributed by atoms with Crippen LogP contribution in [0.5, 0.6) is 0 Å². The molecular weight excluding hydrogens is 476 g/mol. The Morgan fingerprint density at radius 1 is 1.18 bits per heavy atom. The fraction of sp³-hybridized carbons (Fsp3) is 0.391. The number of carbonyl (C=O) groups is 3. The summed E-state index contributed by atoms with van der Waals surface area (Å²) in [5.41, 5.74) is 2.13. The number of likely N-dealkylation sites (N-methyl/N-ethyl adjacent to an activating group) is 2. The second kappa shape index (κ2) is 9.01. The zero-order valence-corrected chi connectivity index (χ0v) is 20.4. The molecule has 2 aromatic heterocycles. The van der Waals surface area contributed by atoms with Crippen LogP contribution in [0, 0.1) is 0 Å². The van der Waals surface area contributed by atoms with Crippen LogP contribution in [0.3, 0.4) is 0 Å². The number of hydrogen-bond acceptors (Lipinski definition) is 6. The van der Waals surface area contributed by atoms with Gasteiger partial charge in [-0.2, -0.15) is 0 Å². The lowest BCUT2D eigenvalue weighted by Crippen LogP contribution is -2.61. The first-order chi connectivity index (χ1) is 16.3. The second-order valence-electron chi connectivity index (χ2n) is 8.93. The van der Waals surface area contributed by atoms with Crippen molar-refractivity contribution in [1.82, 2.24) is 30.4 Å². The SMILES string of the molecule is CN1CCc2nc(C(=O)N[C@@H]3CN(C)C(=O)C[C@@H]3NC(=O)c3cc4cc(Cl)ccc4[nH]3)sc2C1. The average Bonchev–Trinajstić information content (AvgIpc) is 3.40. The van der Waals surface area contributed by atoms with Crippen molar-refractivity contribution >= 4 is 51.6 Å². The van der Waals surface area contributed by atoms with Crippen LogP contribution in [0.2, 0.25) is 5.02 Å².